The third-order valence-corrected chi connectivity index (χ3v) is 2.01. The summed E-state index contributed by atoms with van der Waals surface area (Å²) in [6.07, 6.45) is 3.60. The van der Waals surface area contributed by atoms with Crippen molar-refractivity contribution in [2.75, 3.05) is 5.88 Å². The Labute approximate surface area is 79.7 Å². The van der Waals surface area contributed by atoms with E-state index >= 15 is 0 Å². The molecule has 0 bridgehead atoms. The maximum atomic E-state index is 11.1. The van der Waals surface area contributed by atoms with E-state index in [0.29, 0.717) is 18.3 Å². The minimum absolute atomic E-state index is 0.0744. The molecule has 0 heterocycles. The fourth-order valence-electron chi connectivity index (χ4n) is 1.11. The molecule has 12 heavy (non-hydrogen) atoms. The van der Waals surface area contributed by atoms with Crippen LogP contribution in [0.25, 0.3) is 0 Å². The number of alkyl halides is 1. The zero-order valence-electron chi connectivity index (χ0n) is 7.90. The van der Waals surface area contributed by atoms with E-state index < -0.39 is 0 Å². The minimum Gasteiger partial charge on any atom is -0.353 e. The van der Waals surface area contributed by atoms with Gasteiger partial charge in [-0.3, -0.25) is 4.79 Å². The molecule has 0 rings (SSSR count). The fraction of sp³-hybridized carbons (Fsp3) is 0.889. The highest BCUT2D eigenvalue weighted by atomic mass is 35.5. The molecule has 0 aromatic carbocycles. The van der Waals surface area contributed by atoms with Crippen molar-refractivity contribution in [3.8, 4) is 0 Å². The largest absolute Gasteiger partial charge is 0.353 e. The van der Waals surface area contributed by atoms with Crippen molar-refractivity contribution in [3.05, 3.63) is 0 Å². The van der Waals surface area contributed by atoms with E-state index in [9.17, 15) is 4.79 Å². The molecular formula is C9H18ClNO. The molecule has 0 aromatic heterocycles. The summed E-state index contributed by atoms with van der Waals surface area (Å²) in [4.78, 5) is 11.1. The van der Waals surface area contributed by atoms with E-state index in [2.05, 4.69) is 19.2 Å². The Balaban J connectivity index is 3.61. The number of rotatable bonds is 6. The summed E-state index contributed by atoms with van der Waals surface area (Å²) in [5.74, 6) is 0.485. The smallest absolute Gasteiger partial charge is 0.221 e. The first-order valence-corrected chi connectivity index (χ1v) is 5.13. The average molecular weight is 192 g/mol. The topological polar surface area (TPSA) is 29.1 Å². The van der Waals surface area contributed by atoms with Crippen LogP contribution in [-0.2, 0) is 4.79 Å². The van der Waals surface area contributed by atoms with Gasteiger partial charge in [0.1, 0.15) is 0 Å². The summed E-state index contributed by atoms with van der Waals surface area (Å²) in [5.41, 5.74) is 0. The number of nitrogens with one attached hydrogen (secondary N) is 1. The molecule has 0 aliphatic heterocycles. The van der Waals surface area contributed by atoms with Crippen LogP contribution >= 0.6 is 11.6 Å². The van der Waals surface area contributed by atoms with Gasteiger partial charge in [-0.15, -0.1) is 11.6 Å². The van der Waals surface area contributed by atoms with Crippen LogP contribution in [0.5, 0.6) is 0 Å². The summed E-state index contributed by atoms with van der Waals surface area (Å²) in [5, 5.41) is 2.95. The second-order valence-corrected chi connectivity index (χ2v) is 3.28. The van der Waals surface area contributed by atoms with Crippen molar-refractivity contribution in [1.82, 2.24) is 5.32 Å². The molecule has 0 saturated carbocycles. The van der Waals surface area contributed by atoms with Crippen molar-refractivity contribution in [3.63, 3.8) is 0 Å². The second kappa shape index (κ2) is 7.41. The first-order chi connectivity index (χ1) is 5.74. The van der Waals surface area contributed by atoms with E-state index in [1.54, 1.807) is 0 Å². The molecule has 0 fully saturated rings. The van der Waals surface area contributed by atoms with E-state index in [-0.39, 0.29) is 5.91 Å². The lowest BCUT2D eigenvalue weighted by Crippen LogP contribution is -2.34. The monoisotopic (exact) mass is 191 g/mol. The zero-order valence-corrected chi connectivity index (χ0v) is 8.66. The third-order valence-electron chi connectivity index (χ3n) is 1.82. The van der Waals surface area contributed by atoms with Crippen molar-refractivity contribution in [2.24, 2.45) is 0 Å². The summed E-state index contributed by atoms with van der Waals surface area (Å²) in [6.45, 7) is 4.21. The minimum atomic E-state index is 0.0744. The molecule has 3 heteroatoms. The molecule has 0 aromatic rings. The van der Waals surface area contributed by atoms with E-state index in [4.69, 9.17) is 11.6 Å². The van der Waals surface area contributed by atoms with Crippen LogP contribution in [0.2, 0.25) is 0 Å². The molecule has 2 nitrogen and oxygen atoms in total. The van der Waals surface area contributed by atoms with Gasteiger partial charge in [0.2, 0.25) is 5.91 Å². The van der Waals surface area contributed by atoms with E-state index in [1.807, 2.05) is 0 Å². The van der Waals surface area contributed by atoms with Gasteiger partial charge in [-0.25, -0.2) is 0 Å². The Morgan fingerprint density at radius 2 is 2.17 bits per heavy atom. The van der Waals surface area contributed by atoms with Crippen molar-refractivity contribution in [2.45, 2.75) is 45.6 Å². The number of carbonyl (C=O) groups excluding carboxylic acids is 1. The fourth-order valence-corrected chi connectivity index (χ4v) is 1.28. The maximum Gasteiger partial charge on any atom is 0.221 e. The van der Waals surface area contributed by atoms with Gasteiger partial charge in [-0.05, 0) is 12.8 Å². The SMILES string of the molecule is CCCC(CC)NC(=O)CCCl. The Bertz CT molecular complexity index is 128. The molecule has 0 saturated heterocycles. The summed E-state index contributed by atoms with van der Waals surface area (Å²) < 4.78 is 0. The van der Waals surface area contributed by atoms with Crippen LogP contribution < -0.4 is 5.32 Å². The lowest BCUT2D eigenvalue weighted by Gasteiger charge is -2.15. The molecular weight excluding hydrogens is 174 g/mol. The Morgan fingerprint density at radius 1 is 1.50 bits per heavy atom. The first kappa shape index (κ1) is 11.8. The van der Waals surface area contributed by atoms with Gasteiger partial charge in [0, 0.05) is 18.3 Å². The summed E-state index contributed by atoms with van der Waals surface area (Å²) in [7, 11) is 0. The van der Waals surface area contributed by atoms with Crippen LogP contribution in [0.4, 0.5) is 0 Å². The predicted molar refractivity (Wildman–Crippen MR) is 52.5 cm³/mol. The lowest BCUT2D eigenvalue weighted by atomic mass is 10.1. The normalized spacial score (nSPS) is 12.6. The lowest BCUT2D eigenvalue weighted by molar-refractivity contribution is -0.121. The average Bonchev–Trinajstić information content (AvgIpc) is 2.04. The third kappa shape index (κ3) is 5.42. The Kier molecular flexibility index (Phi) is 7.26. The van der Waals surface area contributed by atoms with Crippen molar-refractivity contribution < 1.29 is 4.79 Å². The molecule has 1 unspecified atom stereocenters. The van der Waals surface area contributed by atoms with Gasteiger partial charge < -0.3 is 5.32 Å². The molecule has 0 spiro atoms. The van der Waals surface area contributed by atoms with E-state index in [1.165, 1.54) is 0 Å². The molecule has 1 amide bonds. The van der Waals surface area contributed by atoms with Gasteiger partial charge in [0.05, 0.1) is 0 Å². The highest BCUT2D eigenvalue weighted by Gasteiger charge is 2.07. The summed E-state index contributed by atoms with van der Waals surface area (Å²) in [6, 6.07) is 0.339. The predicted octanol–water partition coefficient (Wildman–Crippen LogP) is 2.31. The van der Waals surface area contributed by atoms with Crippen LogP contribution in [0.1, 0.15) is 39.5 Å². The molecule has 1 atom stereocenters. The standard InChI is InChI=1S/C9H18ClNO/c1-3-5-8(4-2)11-9(12)6-7-10/h8H,3-7H2,1-2H3,(H,11,12). The molecule has 72 valence electrons. The van der Waals surface area contributed by atoms with Crippen LogP contribution in [0.3, 0.4) is 0 Å². The van der Waals surface area contributed by atoms with Gasteiger partial charge in [0.15, 0.2) is 0 Å². The van der Waals surface area contributed by atoms with Gasteiger partial charge >= 0.3 is 0 Å². The van der Waals surface area contributed by atoms with Gasteiger partial charge in [0.25, 0.3) is 0 Å². The van der Waals surface area contributed by atoms with E-state index in [0.717, 1.165) is 19.3 Å². The number of hydrogen-bond donors (Lipinski definition) is 1. The highest BCUT2D eigenvalue weighted by Crippen LogP contribution is 2.01. The zero-order chi connectivity index (χ0) is 9.40. The summed E-state index contributed by atoms with van der Waals surface area (Å²) >= 11 is 5.44. The maximum absolute atomic E-state index is 11.1. The highest BCUT2D eigenvalue weighted by molar-refractivity contribution is 6.18. The Hall–Kier alpha value is -0.240. The first-order valence-electron chi connectivity index (χ1n) is 4.59. The quantitative estimate of drug-likeness (QED) is 0.642. The van der Waals surface area contributed by atoms with Crippen molar-refractivity contribution in [1.29, 1.82) is 0 Å². The van der Waals surface area contributed by atoms with Crippen LogP contribution in [0.15, 0.2) is 0 Å². The Morgan fingerprint density at radius 3 is 2.58 bits per heavy atom. The number of halogens is 1. The van der Waals surface area contributed by atoms with Crippen LogP contribution in [-0.4, -0.2) is 17.8 Å². The molecule has 0 aliphatic carbocycles. The van der Waals surface area contributed by atoms with Gasteiger partial charge in [-0.2, -0.15) is 0 Å². The second-order valence-electron chi connectivity index (χ2n) is 2.90. The molecule has 1 N–H and O–H groups in total. The number of amides is 1. The van der Waals surface area contributed by atoms with Crippen LogP contribution in [0, 0.1) is 0 Å². The van der Waals surface area contributed by atoms with Gasteiger partial charge in [-0.1, -0.05) is 20.3 Å². The number of carbonyl (C=O) groups is 1. The number of hydrogen-bond acceptors (Lipinski definition) is 1. The molecule has 0 radical (unpaired) electrons. The molecule has 0 aliphatic rings. The van der Waals surface area contributed by atoms with Crippen molar-refractivity contribution >= 4 is 17.5 Å².